The number of thiazole rings is 1. The summed E-state index contributed by atoms with van der Waals surface area (Å²) < 4.78 is 28.7. The first-order chi connectivity index (χ1) is 16.8. The number of nitrogens with zero attached hydrogens (tertiary/aromatic N) is 3. The van der Waals surface area contributed by atoms with E-state index in [1.54, 1.807) is 11.8 Å². The van der Waals surface area contributed by atoms with E-state index in [0.717, 1.165) is 32.5 Å². The third kappa shape index (κ3) is 4.49. The molecule has 0 saturated heterocycles. The van der Waals surface area contributed by atoms with Gasteiger partial charge in [0, 0.05) is 6.54 Å². The second kappa shape index (κ2) is 9.18. The Morgan fingerprint density at radius 3 is 2.37 bits per heavy atom. The van der Waals surface area contributed by atoms with Crippen LogP contribution in [0.5, 0.6) is 0 Å². The molecule has 0 spiro atoms. The summed E-state index contributed by atoms with van der Waals surface area (Å²) in [6, 6.07) is 20.6. The van der Waals surface area contributed by atoms with E-state index in [1.165, 1.54) is 15.6 Å². The molecule has 0 N–H and O–H groups in total. The minimum absolute atomic E-state index is 0.0658. The molecule has 3 aromatic carbocycles. The van der Waals surface area contributed by atoms with Crippen LogP contribution in [0.1, 0.15) is 29.2 Å². The molecule has 0 aliphatic carbocycles. The number of sulfonamides is 1. The number of carbonyl (C=O) groups excluding carboxylic acids is 1. The fraction of sp³-hybridized carbons (Fsp3) is 0.259. The molecule has 0 bridgehead atoms. The quantitative estimate of drug-likeness (QED) is 0.366. The monoisotopic (exact) mass is 505 g/mol. The molecule has 5 rings (SSSR count). The van der Waals surface area contributed by atoms with Crippen molar-refractivity contribution in [3.05, 3.63) is 89.0 Å². The predicted octanol–water partition coefficient (Wildman–Crippen LogP) is 5.35. The molecule has 4 aromatic rings. The molecule has 8 heteroatoms. The molecule has 1 amide bonds. The summed E-state index contributed by atoms with van der Waals surface area (Å²) in [6.45, 7) is 5.78. The maximum absolute atomic E-state index is 14.4. The Bertz CT molecular complexity index is 1470. The Kier molecular flexibility index (Phi) is 6.21. The van der Waals surface area contributed by atoms with E-state index >= 15 is 0 Å². The van der Waals surface area contributed by atoms with E-state index in [4.69, 9.17) is 4.98 Å². The second-order valence-electron chi connectivity index (χ2n) is 8.92. The van der Waals surface area contributed by atoms with Crippen molar-refractivity contribution in [1.82, 2.24) is 9.29 Å². The number of fused-ring (bicyclic) bond motifs is 2. The predicted molar refractivity (Wildman–Crippen MR) is 142 cm³/mol. The normalized spacial score (nSPS) is 16.3. The van der Waals surface area contributed by atoms with Gasteiger partial charge in [0.15, 0.2) is 5.13 Å². The van der Waals surface area contributed by atoms with Crippen molar-refractivity contribution >= 4 is 48.3 Å². The summed E-state index contributed by atoms with van der Waals surface area (Å²) in [5.74, 6) is -0.357. The minimum Gasteiger partial charge on any atom is -0.272 e. The number of para-hydroxylation sites is 1. The lowest BCUT2D eigenvalue weighted by Crippen LogP contribution is -2.53. The first kappa shape index (κ1) is 23.7. The molecule has 180 valence electrons. The number of aromatic nitrogens is 1. The van der Waals surface area contributed by atoms with Crippen LogP contribution in [0.2, 0.25) is 0 Å². The fourth-order valence-electron chi connectivity index (χ4n) is 4.68. The molecule has 0 fully saturated rings. The van der Waals surface area contributed by atoms with Gasteiger partial charge in [-0.05, 0) is 73.7 Å². The number of carbonyl (C=O) groups is 1. The van der Waals surface area contributed by atoms with Gasteiger partial charge in [-0.25, -0.2) is 13.4 Å². The van der Waals surface area contributed by atoms with Gasteiger partial charge in [0.05, 0.1) is 21.7 Å². The fourth-order valence-corrected chi connectivity index (χ4v) is 6.90. The number of hydrogen-bond acceptors (Lipinski definition) is 5. The van der Waals surface area contributed by atoms with Crippen molar-refractivity contribution in [3.63, 3.8) is 0 Å². The largest absolute Gasteiger partial charge is 0.272 e. The van der Waals surface area contributed by atoms with E-state index in [1.807, 2.05) is 74.5 Å². The van der Waals surface area contributed by atoms with Crippen molar-refractivity contribution in [2.75, 3.05) is 10.7 Å². The van der Waals surface area contributed by atoms with Crippen LogP contribution in [-0.2, 0) is 27.8 Å². The lowest BCUT2D eigenvalue weighted by atomic mass is 9.95. The van der Waals surface area contributed by atoms with Gasteiger partial charge in [-0.15, -0.1) is 0 Å². The number of rotatable bonds is 5. The Morgan fingerprint density at radius 1 is 1.03 bits per heavy atom. The van der Waals surface area contributed by atoms with Crippen molar-refractivity contribution < 1.29 is 13.2 Å². The van der Waals surface area contributed by atoms with Crippen LogP contribution in [0.15, 0.2) is 66.7 Å². The summed E-state index contributed by atoms with van der Waals surface area (Å²) in [6.07, 6.45) is 0.320. The zero-order valence-electron chi connectivity index (χ0n) is 19.9. The topological polar surface area (TPSA) is 70.6 Å². The van der Waals surface area contributed by atoms with Gasteiger partial charge in [-0.3, -0.25) is 9.69 Å². The van der Waals surface area contributed by atoms with Gasteiger partial charge in [-0.1, -0.05) is 53.8 Å². The van der Waals surface area contributed by atoms with Crippen molar-refractivity contribution in [2.45, 2.75) is 39.8 Å². The summed E-state index contributed by atoms with van der Waals surface area (Å²) >= 11 is 1.43. The summed E-state index contributed by atoms with van der Waals surface area (Å²) in [5, 5.41) is 0.536. The van der Waals surface area contributed by atoms with Gasteiger partial charge >= 0.3 is 0 Å². The highest BCUT2D eigenvalue weighted by molar-refractivity contribution is 7.89. The standard InChI is InChI=1S/C27H27N3O3S2/c1-4-35(32,33)29-17-21-10-6-5-9-20(21)16-24(29)26(31)30(22-14-18(2)13-19(3)15-22)27-28-23-11-7-8-12-25(23)34-27/h5-15,24H,4,16-17H2,1-3H3. The Labute approximate surface area is 209 Å². The molecule has 1 aromatic heterocycles. The summed E-state index contributed by atoms with van der Waals surface area (Å²) in [5.41, 5.74) is 5.47. The zero-order valence-corrected chi connectivity index (χ0v) is 21.6. The number of anilines is 2. The highest BCUT2D eigenvalue weighted by atomic mass is 32.2. The van der Waals surface area contributed by atoms with Gasteiger partial charge < -0.3 is 0 Å². The highest BCUT2D eigenvalue weighted by Crippen LogP contribution is 2.37. The Hall–Kier alpha value is -3.07. The van der Waals surface area contributed by atoms with Crippen LogP contribution in [-0.4, -0.2) is 35.4 Å². The Balaban J connectivity index is 1.67. The van der Waals surface area contributed by atoms with Crippen LogP contribution in [0, 0.1) is 13.8 Å². The molecule has 2 heterocycles. The van der Waals surface area contributed by atoms with Crippen LogP contribution in [0.4, 0.5) is 10.8 Å². The van der Waals surface area contributed by atoms with E-state index in [-0.39, 0.29) is 18.2 Å². The van der Waals surface area contributed by atoms with Gasteiger partial charge in [-0.2, -0.15) is 4.31 Å². The van der Waals surface area contributed by atoms with Crippen molar-refractivity contribution in [2.24, 2.45) is 0 Å². The second-order valence-corrected chi connectivity index (χ2v) is 12.1. The van der Waals surface area contributed by atoms with Crippen LogP contribution >= 0.6 is 11.3 Å². The zero-order chi connectivity index (χ0) is 24.7. The van der Waals surface area contributed by atoms with Gasteiger partial charge in [0.1, 0.15) is 6.04 Å². The molecule has 35 heavy (non-hydrogen) atoms. The third-order valence-corrected chi connectivity index (χ3v) is 9.22. The molecule has 1 atom stereocenters. The molecule has 6 nitrogen and oxygen atoms in total. The highest BCUT2D eigenvalue weighted by Gasteiger charge is 2.41. The van der Waals surface area contributed by atoms with E-state index in [0.29, 0.717) is 17.2 Å². The number of amides is 1. The Morgan fingerprint density at radius 2 is 1.69 bits per heavy atom. The first-order valence-corrected chi connectivity index (χ1v) is 14.0. The smallest absolute Gasteiger partial charge is 0.252 e. The maximum atomic E-state index is 14.4. The van der Waals surface area contributed by atoms with Crippen LogP contribution in [0.3, 0.4) is 0 Å². The number of hydrogen-bond donors (Lipinski definition) is 0. The molecular formula is C27H27N3O3S2. The van der Waals surface area contributed by atoms with E-state index < -0.39 is 16.1 Å². The van der Waals surface area contributed by atoms with Gasteiger partial charge in [0.2, 0.25) is 10.0 Å². The number of aryl methyl sites for hydroxylation is 2. The van der Waals surface area contributed by atoms with E-state index in [9.17, 15) is 13.2 Å². The molecule has 1 aliphatic heterocycles. The molecular weight excluding hydrogens is 478 g/mol. The average molecular weight is 506 g/mol. The lowest BCUT2D eigenvalue weighted by Gasteiger charge is -2.37. The summed E-state index contributed by atoms with van der Waals surface area (Å²) in [7, 11) is -3.63. The maximum Gasteiger partial charge on any atom is 0.252 e. The minimum atomic E-state index is -3.63. The lowest BCUT2D eigenvalue weighted by molar-refractivity contribution is -0.121. The molecule has 0 radical (unpaired) electrons. The SMILES string of the molecule is CCS(=O)(=O)N1Cc2ccccc2CC1C(=O)N(c1cc(C)cc(C)c1)c1nc2ccccc2s1. The van der Waals surface area contributed by atoms with E-state index in [2.05, 4.69) is 6.07 Å². The van der Waals surface area contributed by atoms with Crippen molar-refractivity contribution in [3.8, 4) is 0 Å². The van der Waals surface area contributed by atoms with Gasteiger partial charge in [0.25, 0.3) is 5.91 Å². The van der Waals surface area contributed by atoms with Crippen LogP contribution < -0.4 is 4.90 Å². The molecule has 0 saturated carbocycles. The molecule has 1 aliphatic rings. The number of benzene rings is 3. The average Bonchev–Trinajstić information content (AvgIpc) is 3.26. The summed E-state index contributed by atoms with van der Waals surface area (Å²) in [4.78, 5) is 20.8. The molecule has 1 unspecified atom stereocenters. The van der Waals surface area contributed by atoms with Crippen molar-refractivity contribution in [1.29, 1.82) is 0 Å². The first-order valence-electron chi connectivity index (χ1n) is 11.6. The van der Waals surface area contributed by atoms with Crippen LogP contribution in [0.25, 0.3) is 10.2 Å². The third-order valence-electron chi connectivity index (χ3n) is 6.37.